The molecule has 1 aromatic heterocycles. The summed E-state index contributed by atoms with van der Waals surface area (Å²) in [5.74, 6) is -0.938. The van der Waals surface area contributed by atoms with Crippen molar-refractivity contribution in [3.05, 3.63) is 46.8 Å². The second-order valence-corrected chi connectivity index (χ2v) is 4.87. The van der Waals surface area contributed by atoms with Crippen LogP contribution in [-0.2, 0) is 7.05 Å². The lowest BCUT2D eigenvalue weighted by Gasteiger charge is -2.14. The number of nitrogens with zero attached hydrogens (tertiary/aromatic N) is 2. The molecule has 0 aliphatic heterocycles. The van der Waals surface area contributed by atoms with Gasteiger partial charge in [0.15, 0.2) is 5.16 Å². The highest BCUT2D eigenvalue weighted by Crippen LogP contribution is 2.15. The SMILES string of the molecule is Cc1no[n+](C)c1C(=O)NC(C)c1cccc(C(=O)NO)c1. The fourth-order valence-corrected chi connectivity index (χ4v) is 2.10. The number of rotatable bonds is 4. The molecule has 1 aromatic carbocycles. The Morgan fingerprint density at radius 3 is 2.68 bits per heavy atom. The van der Waals surface area contributed by atoms with Crippen molar-refractivity contribution in [1.29, 1.82) is 0 Å². The van der Waals surface area contributed by atoms with Crippen molar-refractivity contribution in [3.63, 3.8) is 0 Å². The van der Waals surface area contributed by atoms with E-state index in [0.29, 0.717) is 17.0 Å². The van der Waals surface area contributed by atoms with Crippen LogP contribution in [-0.4, -0.2) is 22.2 Å². The van der Waals surface area contributed by atoms with Crippen LogP contribution >= 0.6 is 0 Å². The minimum absolute atomic E-state index is 0.299. The molecule has 0 saturated carbocycles. The molecule has 8 heteroatoms. The van der Waals surface area contributed by atoms with Gasteiger partial charge in [0.25, 0.3) is 23.2 Å². The largest absolute Gasteiger partial charge is 0.342 e. The smallest absolute Gasteiger partial charge is 0.299 e. The molecule has 116 valence electrons. The zero-order valence-electron chi connectivity index (χ0n) is 12.5. The molecule has 22 heavy (non-hydrogen) atoms. The Kier molecular flexibility index (Phi) is 4.52. The molecule has 8 nitrogen and oxygen atoms in total. The number of hydrogen-bond acceptors (Lipinski definition) is 5. The van der Waals surface area contributed by atoms with Gasteiger partial charge < -0.3 is 5.32 Å². The monoisotopic (exact) mass is 305 g/mol. The zero-order chi connectivity index (χ0) is 16.3. The van der Waals surface area contributed by atoms with Gasteiger partial charge in [0, 0.05) is 12.5 Å². The van der Waals surface area contributed by atoms with Crippen LogP contribution in [0, 0.1) is 6.92 Å². The van der Waals surface area contributed by atoms with E-state index in [2.05, 4.69) is 10.5 Å². The molecule has 1 atom stereocenters. The first kappa shape index (κ1) is 15.6. The molecule has 0 bridgehead atoms. The highest BCUT2D eigenvalue weighted by molar-refractivity contribution is 5.94. The van der Waals surface area contributed by atoms with Crippen molar-refractivity contribution >= 4 is 11.8 Å². The molecule has 3 N–H and O–H groups in total. The van der Waals surface area contributed by atoms with Crippen molar-refractivity contribution in [2.24, 2.45) is 7.05 Å². The Labute approximate surface area is 126 Å². The van der Waals surface area contributed by atoms with E-state index >= 15 is 0 Å². The van der Waals surface area contributed by atoms with Crippen LogP contribution in [0.4, 0.5) is 0 Å². The van der Waals surface area contributed by atoms with Crippen LogP contribution in [0.5, 0.6) is 0 Å². The second-order valence-electron chi connectivity index (χ2n) is 4.87. The van der Waals surface area contributed by atoms with E-state index < -0.39 is 5.91 Å². The zero-order valence-corrected chi connectivity index (χ0v) is 12.5. The summed E-state index contributed by atoms with van der Waals surface area (Å²) < 4.78 is 6.18. The maximum atomic E-state index is 12.3. The molecule has 2 amide bonds. The molecule has 0 saturated heterocycles. The molecule has 0 radical (unpaired) electrons. The first-order chi connectivity index (χ1) is 10.4. The van der Waals surface area contributed by atoms with Gasteiger partial charge in [-0.2, -0.15) is 0 Å². The number of hydrogen-bond donors (Lipinski definition) is 3. The van der Waals surface area contributed by atoms with Crippen LogP contribution in [0.25, 0.3) is 0 Å². The maximum Gasteiger partial charge on any atom is 0.299 e. The Hall–Kier alpha value is -2.74. The lowest BCUT2D eigenvalue weighted by atomic mass is 10.0. The van der Waals surface area contributed by atoms with E-state index in [9.17, 15) is 9.59 Å². The van der Waals surface area contributed by atoms with Gasteiger partial charge in [0.1, 0.15) is 7.05 Å². The maximum absolute atomic E-state index is 12.3. The Morgan fingerprint density at radius 2 is 2.09 bits per heavy atom. The highest BCUT2D eigenvalue weighted by Gasteiger charge is 2.26. The first-order valence-corrected chi connectivity index (χ1v) is 6.62. The predicted octanol–water partition coefficient (Wildman–Crippen LogP) is 0.418. The van der Waals surface area contributed by atoms with E-state index in [-0.39, 0.29) is 11.9 Å². The van der Waals surface area contributed by atoms with Crippen LogP contribution in [0.15, 0.2) is 28.9 Å². The molecule has 2 rings (SSSR count). The van der Waals surface area contributed by atoms with E-state index in [0.717, 1.165) is 5.56 Å². The van der Waals surface area contributed by atoms with Crippen molar-refractivity contribution < 1.29 is 24.2 Å². The summed E-state index contributed by atoms with van der Waals surface area (Å²) in [6.45, 7) is 3.46. The summed E-state index contributed by atoms with van der Waals surface area (Å²) in [6, 6.07) is 6.27. The van der Waals surface area contributed by atoms with Gasteiger partial charge in [-0.05, 0) is 24.6 Å². The molecular weight excluding hydrogens is 288 g/mol. The number of aromatic nitrogens is 2. The summed E-state index contributed by atoms with van der Waals surface area (Å²) >= 11 is 0. The van der Waals surface area contributed by atoms with Crippen molar-refractivity contribution in [2.45, 2.75) is 19.9 Å². The van der Waals surface area contributed by atoms with Gasteiger partial charge in [0.05, 0.1) is 6.04 Å². The third-order valence-electron chi connectivity index (χ3n) is 3.27. The molecule has 0 spiro atoms. The molecule has 0 fully saturated rings. The summed E-state index contributed by atoms with van der Waals surface area (Å²) in [4.78, 5) is 23.7. The summed E-state index contributed by atoms with van der Waals surface area (Å²) in [7, 11) is 1.59. The van der Waals surface area contributed by atoms with Crippen LogP contribution in [0.2, 0.25) is 0 Å². The number of hydroxylamine groups is 1. The number of aryl methyl sites for hydroxylation is 2. The van der Waals surface area contributed by atoms with Crippen LogP contribution in [0.3, 0.4) is 0 Å². The van der Waals surface area contributed by atoms with Gasteiger partial charge in [-0.15, -0.1) is 0 Å². The summed E-state index contributed by atoms with van der Waals surface area (Å²) in [5.41, 5.74) is 3.42. The molecule has 2 aromatic rings. The molecule has 1 heterocycles. The number of carbonyl (C=O) groups is 2. The predicted molar refractivity (Wildman–Crippen MR) is 74.0 cm³/mol. The highest BCUT2D eigenvalue weighted by atomic mass is 16.6. The number of amides is 2. The molecule has 0 aliphatic carbocycles. The van der Waals surface area contributed by atoms with Gasteiger partial charge in [-0.3, -0.25) is 14.8 Å². The Morgan fingerprint density at radius 1 is 1.36 bits per heavy atom. The standard InChI is InChI=1S/C14H16N4O4/c1-8(10-5-4-6-11(7-10)13(19)16-21)15-14(20)12-9(2)17-22-18(12)3/h4-8H,1-3H3,(H2-,15,16,19,20,21)/p+1. The van der Waals surface area contributed by atoms with E-state index in [4.69, 9.17) is 9.84 Å². The fraction of sp³-hybridized carbons (Fsp3) is 0.286. The quantitative estimate of drug-likeness (QED) is 0.431. The molecular formula is C14H17N4O4+. The number of carbonyl (C=O) groups excluding carboxylic acids is 2. The minimum Gasteiger partial charge on any atom is -0.342 e. The van der Waals surface area contributed by atoms with Crippen molar-refractivity contribution in [1.82, 2.24) is 16.0 Å². The summed E-state index contributed by atoms with van der Waals surface area (Å²) in [5, 5.41) is 15.2. The second kappa shape index (κ2) is 6.35. The van der Waals surface area contributed by atoms with Crippen LogP contribution in [0.1, 0.15) is 45.1 Å². The van der Waals surface area contributed by atoms with Gasteiger partial charge in [-0.25, -0.2) is 5.48 Å². The summed E-state index contributed by atoms with van der Waals surface area (Å²) in [6.07, 6.45) is 0. The third-order valence-corrected chi connectivity index (χ3v) is 3.27. The Bertz CT molecular complexity index is 691. The molecule has 0 aliphatic rings. The van der Waals surface area contributed by atoms with Crippen molar-refractivity contribution in [3.8, 4) is 0 Å². The van der Waals surface area contributed by atoms with Crippen molar-refractivity contribution in [2.75, 3.05) is 0 Å². The van der Waals surface area contributed by atoms with E-state index in [1.54, 1.807) is 50.6 Å². The van der Waals surface area contributed by atoms with E-state index in [1.165, 1.54) is 4.74 Å². The van der Waals surface area contributed by atoms with Gasteiger partial charge >= 0.3 is 0 Å². The molecule has 1 unspecified atom stereocenters. The minimum atomic E-state index is -0.610. The Balaban J connectivity index is 2.17. The average molecular weight is 305 g/mol. The number of nitrogens with one attached hydrogen (secondary N) is 2. The van der Waals surface area contributed by atoms with Gasteiger partial charge in [0.2, 0.25) is 0 Å². The number of benzene rings is 1. The lowest BCUT2D eigenvalue weighted by molar-refractivity contribution is -0.855. The average Bonchev–Trinajstić information content (AvgIpc) is 2.85. The first-order valence-electron chi connectivity index (χ1n) is 6.62. The van der Waals surface area contributed by atoms with E-state index in [1.807, 2.05) is 0 Å². The van der Waals surface area contributed by atoms with Gasteiger partial charge in [-0.1, -0.05) is 21.5 Å². The fourth-order valence-electron chi connectivity index (χ4n) is 2.10. The third kappa shape index (κ3) is 3.12. The topological polar surface area (TPSA) is 108 Å². The van der Waals surface area contributed by atoms with Crippen LogP contribution < -0.4 is 15.5 Å². The normalized spacial score (nSPS) is 11.8. The lowest BCUT2D eigenvalue weighted by Crippen LogP contribution is -2.39.